The van der Waals surface area contributed by atoms with E-state index in [-0.39, 0.29) is 10.8 Å². The van der Waals surface area contributed by atoms with Crippen LogP contribution in [0.1, 0.15) is 24.2 Å². The molecule has 1 aromatic rings. The highest BCUT2D eigenvalue weighted by atomic mass is 32.2. The van der Waals surface area contributed by atoms with Crippen LogP contribution in [0, 0.1) is 0 Å². The van der Waals surface area contributed by atoms with Crippen LogP contribution in [-0.4, -0.2) is 56.5 Å². The van der Waals surface area contributed by atoms with Crippen molar-refractivity contribution in [3.05, 3.63) is 29.8 Å². The molecule has 0 aromatic heterocycles. The van der Waals surface area contributed by atoms with Gasteiger partial charge in [-0.05, 0) is 24.3 Å². The number of hydrogen-bond donors (Lipinski definition) is 0. The standard InChI is InChI=1S/C14H20N2O4S/c1-3-16(4-2)21(18,19)13-7-5-12(6-8-13)14(17)15-9-10-20-11-15/h5-8H,3-4,9-11H2,1-2H3. The number of ether oxygens (including phenoxy) is 1. The Hall–Kier alpha value is -1.44. The third kappa shape index (κ3) is 3.25. The SMILES string of the molecule is CCN(CC)S(=O)(=O)c1ccc(C(=O)N2CCOC2)cc1. The summed E-state index contributed by atoms with van der Waals surface area (Å²) in [6, 6.07) is 6.07. The summed E-state index contributed by atoms with van der Waals surface area (Å²) < 4.78 is 31.2. The number of carbonyl (C=O) groups excluding carboxylic acids is 1. The van der Waals surface area contributed by atoms with Crippen molar-refractivity contribution in [2.75, 3.05) is 33.0 Å². The first-order valence-corrected chi connectivity index (χ1v) is 8.42. The van der Waals surface area contributed by atoms with E-state index >= 15 is 0 Å². The molecule has 0 unspecified atom stereocenters. The highest BCUT2D eigenvalue weighted by Gasteiger charge is 2.23. The first-order chi connectivity index (χ1) is 10.0. The molecule has 7 heteroatoms. The lowest BCUT2D eigenvalue weighted by Crippen LogP contribution is -2.31. The zero-order valence-corrected chi connectivity index (χ0v) is 13.1. The first-order valence-electron chi connectivity index (χ1n) is 6.98. The van der Waals surface area contributed by atoms with Crippen LogP contribution in [0.3, 0.4) is 0 Å². The zero-order chi connectivity index (χ0) is 15.5. The number of benzene rings is 1. The van der Waals surface area contributed by atoms with E-state index in [9.17, 15) is 13.2 Å². The number of hydrogen-bond acceptors (Lipinski definition) is 4. The lowest BCUT2D eigenvalue weighted by Gasteiger charge is -2.19. The molecule has 0 atom stereocenters. The minimum absolute atomic E-state index is 0.140. The van der Waals surface area contributed by atoms with Gasteiger partial charge in [0.1, 0.15) is 6.73 Å². The Kier molecular flexibility index (Phi) is 4.97. The van der Waals surface area contributed by atoms with E-state index in [2.05, 4.69) is 0 Å². The van der Waals surface area contributed by atoms with Crippen molar-refractivity contribution in [2.24, 2.45) is 0 Å². The van der Waals surface area contributed by atoms with Crippen molar-refractivity contribution in [2.45, 2.75) is 18.7 Å². The van der Waals surface area contributed by atoms with Crippen LogP contribution < -0.4 is 0 Å². The molecule has 1 heterocycles. The maximum atomic E-state index is 12.3. The fourth-order valence-corrected chi connectivity index (χ4v) is 3.70. The molecule has 0 N–H and O–H groups in total. The van der Waals surface area contributed by atoms with Crippen molar-refractivity contribution >= 4 is 15.9 Å². The van der Waals surface area contributed by atoms with Crippen LogP contribution in [0.15, 0.2) is 29.2 Å². The second-order valence-electron chi connectivity index (χ2n) is 4.72. The van der Waals surface area contributed by atoms with E-state index in [1.165, 1.54) is 16.4 Å². The lowest BCUT2D eigenvalue weighted by atomic mass is 10.2. The Labute approximate surface area is 125 Å². The number of amides is 1. The third-order valence-electron chi connectivity index (χ3n) is 3.48. The van der Waals surface area contributed by atoms with Crippen LogP contribution in [-0.2, 0) is 14.8 Å². The van der Waals surface area contributed by atoms with Gasteiger partial charge in [0.05, 0.1) is 11.5 Å². The highest BCUT2D eigenvalue weighted by molar-refractivity contribution is 7.89. The smallest absolute Gasteiger partial charge is 0.255 e. The van der Waals surface area contributed by atoms with Crippen molar-refractivity contribution in [1.29, 1.82) is 0 Å². The Bertz CT molecular complexity index is 588. The molecule has 0 radical (unpaired) electrons. The van der Waals surface area contributed by atoms with Gasteiger partial charge in [0.25, 0.3) is 5.91 Å². The molecule has 1 aromatic carbocycles. The van der Waals surface area contributed by atoms with Gasteiger partial charge in [-0.1, -0.05) is 13.8 Å². The van der Waals surface area contributed by atoms with Gasteiger partial charge in [-0.25, -0.2) is 8.42 Å². The van der Waals surface area contributed by atoms with Crippen molar-refractivity contribution in [3.63, 3.8) is 0 Å². The van der Waals surface area contributed by atoms with Gasteiger partial charge >= 0.3 is 0 Å². The van der Waals surface area contributed by atoms with E-state index in [0.29, 0.717) is 38.5 Å². The molecule has 116 valence electrons. The van der Waals surface area contributed by atoms with E-state index in [1.807, 2.05) is 0 Å². The van der Waals surface area contributed by atoms with Crippen molar-refractivity contribution < 1.29 is 17.9 Å². The van der Waals surface area contributed by atoms with E-state index in [4.69, 9.17) is 4.74 Å². The Morgan fingerprint density at radius 3 is 2.33 bits per heavy atom. The second-order valence-corrected chi connectivity index (χ2v) is 6.66. The Morgan fingerprint density at radius 2 is 1.86 bits per heavy atom. The van der Waals surface area contributed by atoms with E-state index in [0.717, 1.165) is 0 Å². The van der Waals surface area contributed by atoms with Gasteiger partial charge in [0.15, 0.2) is 0 Å². The van der Waals surface area contributed by atoms with Crippen LogP contribution in [0.5, 0.6) is 0 Å². The average Bonchev–Trinajstić information content (AvgIpc) is 3.02. The van der Waals surface area contributed by atoms with E-state index in [1.54, 1.807) is 30.9 Å². The molecule has 0 saturated carbocycles. The number of nitrogens with zero attached hydrogens (tertiary/aromatic N) is 2. The molecule has 2 rings (SSSR count). The van der Waals surface area contributed by atoms with Gasteiger partial charge in [-0.15, -0.1) is 0 Å². The quantitative estimate of drug-likeness (QED) is 0.818. The summed E-state index contributed by atoms with van der Waals surface area (Å²) in [5.41, 5.74) is 0.471. The number of sulfonamides is 1. The topological polar surface area (TPSA) is 66.9 Å². The summed E-state index contributed by atoms with van der Waals surface area (Å²) in [5, 5.41) is 0. The summed E-state index contributed by atoms with van der Waals surface area (Å²) in [5.74, 6) is -0.140. The summed E-state index contributed by atoms with van der Waals surface area (Å²) in [6.45, 7) is 5.84. The maximum absolute atomic E-state index is 12.3. The van der Waals surface area contributed by atoms with Gasteiger partial charge in [-0.3, -0.25) is 4.79 Å². The fraction of sp³-hybridized carbons (Fsp3) is 0.500. The second kappa shape index (κ2) is 6.55. The molecule has 0 spiro atoms. The van der Waals surface area contributed by atoms with Gasteiger partial charge in [-0.2, -0.15) is 4.31 Å². The molecule has 21 heavy (non-hydrogen) atoms. The summed E-state index contributed by atoms with van der Waals surface area (Å²) in [6.07, 6.45) is 0. The van der Waals surface area contributed by atoms with Crippen LogP contribution >= 0.6 is 0 Å². The van der Waals surface area contributed by atoms with Gasteiger partial charge in [0, 0.05) is 25.2 Å². The van der Waals surface area contributed by atoms with Gasteiger partial charge < -0.3 is 9.64 Å². The van der Waals surface area contributed by atoms with Crippen LogP contribution in [0.4, 0.5) is 0 Å². The molecule has 1 aliphatic heterocycles. The van der Waals surface area contributed by atoms with Crippen LogP contribution in [0.25, 0.3) is 0 Å². The molecule has 1 fully saturated rings. The zero-order valence-electron chi connectivity index (χ0n) is 12.3. The molecule has 1 saturated heterocycles. The van der Waals surface area contributed by atoms with Gasteiger partial charge in [0.2, 0.25) is 10.0 Å². The normalized spacial score (nSPS) is 15.7. The highest BCUT2D eigenvalue weighted by Crippen LogP contribution is 2.17. The minimum atomic E-state index is -3.48. The number of carbonyl (C=O) groups is 1. The predicted molar refractivity (Wildman–Crippen MR) is 78.4 cm³/mol. The molecule has 0 bridgehead atoms. The fourth-order valence-electron chi connectivity index (χ4n) is 2.24. The Balaban J connectivity index is 2.20. The molecular weight excluding hydrogens is 292 g/mol. The van der Waals surface area contributed by atoms with E-state index < -0.39 is 10.0 Å². The summed E-state index contributed by atoms with van der Waals surface area (Å²) in [7, 11) is -3.48. The average molecular weight is 312 g/mol. The first kappa shape index (κ1) is 15.9. The van der Waals surface area contributed by atoms with Crippen molar-refractivity contribution in [3.8, 4) is 0 Å². The minimum Gasteiger partial charge on any atom is -0.359 e. The largest absolute Gasteiger partial charge is 0.359 e. The van der Waals surface area contributed by atoms with Crippen molar-refractivity contribution in [1.82, 2.24) is 9.21 Å². The Morgan fingerprint density at radius 1 is 1.24 bits per heavy atom. The maximum Gasteiger partial charge on any atom is 0.255 e. The molecule has 0 aliphatic carbocycles. The number of rotatable bonds is 5. The molecule has 1 amide bonds. The predicted octanol–water partition coefficient (Wildman–Crippen LogP) is 1.15. The summed E-state index contributed by atoms with van der Waals surface area (Å²) in [4.78, 5) is 13.9. The molecule has 1 aliphatic rings. The monoisotopic (exact) mass is 312 g/mol. The lowest BCUT2D eigenvalue weighted by molar-refractivity contribution is 0.0695. The molecular formula is C14H20N2O4S. The van der Waals surface area contributed by atoms with Crippen LogP contribution in [0.2, 0.25) is 0 Å². The third-order valence-corrected chi connectivity index (χ3v) is 5.55. The summed E-state index contributed by atoms with van der Waals surface area (Å²) >= 11 is 0. The molecule has 6 nitrogen and oxygen atoms in total.